The smallest absolute Gasteiger partial charge is 0.274 e. The Morgan fingerprint density at radius 3 is 2.93 bits per heavy atom. The van der Waals surface area contributed by atoms with E-state index in [9.17, 15) is 9.59 Å². The molecule has 0 radical (unpaired) electrons. The van der Waals surface area contributed by atoms with E-state index in [1.807, 2.05) is 23.2 Å². The quantitative estimate of drug-likeness (QED) is 0.544. The number of hydrogen-bond donors (Lipinski definition) is 3. The van der Waals surface area contributed by atoms with Gasteiger partial charge in [-0.3, -0.25) is 9.59 Å². The van der Waals surface area contributed by atoms with E-state index in [1.165, 1.54) is 19.2 Å². The van der Waals surface area contributed by atoms with Gasteiger partial charge in [-0.1, -0.05) is 19.1 Å². The summed E-state index contributed by atoms with van der Waals surface area (Å²) in [6.07, 6.45) is 10.9. The van der Waals surface area contributed by atoms with Gasteiger partial charge < -0.3 is 16.0 Å². The molecule has 2 heterocycles. The van der Waals surface area contributed by atoms with E-state index < -0.39 is 0 Å². The standard InChI is InChI=1S/C21H29N7O2/c1-2-7-27(10-14-3-4-14)20-9-18(23-13-24-20)21(30)25-16-5-6-17-15(8-16)11-28(26-17)12-19(22)29/h5-6,8-9,13-15,17,26H,2-4,7,10-12H2,1H3,(H2,22,29)(H,25,30). The van der Waals surface area contributed by atoms with Gasteiger partial charge in [0, 0.05) is 43.4 Å². The maximum Gasteiger partial charge on any atom is 0.274 e. The van der Waals surface area contributed by atoms with Crippen LogP contribution in [0.1, 0.15) is 36.7 Å². The number of allylic oxidation sites excluding steroid dienone is 1. The van der Waals surface area contributed by atoms with Crippen LogP contribution in [0.5, 0.6) is 0 Å². The maximum absolute atomic E-state index is 12.8. The number of nitrogens with zero attached hydrogens (tertiary/aromatic N) is 4. The van der Waals surface area contributed by atoms with Crippen molar-refractivity contribution in [2.24, 2.45) is 17.6 Å². The van der Waals surface area contributed by atoms with Crippen LogP contribution >= 0.6 is 0 Å². The molecule has 1 saturated heterocycles. The number of amides is 2. The molecule has 1 aliphatic heterocycles. The maximum atomic E-state index is 12.8. The molecule has 1 aromatic rings. The average molecular weight is 412 g/mol. The summed E-state index contributed by atoms with van der Waals surface area (Å²) in [4.78, 5) is 34.8. The Morgan fingerprint density at radius 1 is 1.37 bits per heavy atom. The topological polar surface area (TPSA) is 116 Å². The van der Waals surface area contributed by atoms with Gasteiger partial charge in [-0.15, -0.1) is 0 Å². The summed E-state index contributed by atoms with van der Waals surface area (Å²) in [7, 11) is 0. The summed E-state index contributed by atoms with van der Waals surface area (Å²) < 4.78 is 0. The van der Waals surface area contributed by atoms with Crippen LogP contribution in [-0.4, -0.2) is 59.0 Å². The van der Waals surface area contributed by atoms with Crippen molar-refractivity contribution in [2.75, 3.05) is 31.1 Å². The molecular weight excluding hydrogens is 382 g/mol. The number of hydrogen-bond acceptors (Lipinski definition) is 7. The van der Waals surface area contributed by atoms with E-state index in [0.717, 1.165) is 36.9 Å². The molecule has 2 unspecified atom stereocenters. The fourth-order valence-electron chi connectivity index (χ4n) is 3.97. The third-order valence-corrected chi connectivity index (χ3v) is 5.58. The largest absolute Gasteiger partial charge is 0.369 e. The molecule has 30 heavy (non-hydrogen) atoms. The number of aromatic nitrogens is 2. The van der Waals surface area contributed by atoms with Crippen LogP contribution < -0.4 is 21.4 Å². The monoisotopic (exact) mass is 411 g/mol. The van der Waals surface area contributed by atoms with Crippen molar-refractivity contribution in [3.05, 3.63) is 42.0 Å². The van der Waals surface area contributed by atoms with Gasteiger partial charge in [-0.25, -0.2) is 20.4 Å². The first-order chi connectivity index (χ1) is 14.5. The number of nitrogens with one attached hydrogen (secondary N) is 2. The molecule has 2 aliphatic carbocycles. The lowest BCUT2D eigenvalue weighted by Crippen LogP contribution is -2.40. The molecule has 0 bridgehead atoms. The molecule has 1 aromatic heterocycles. The van der Waals surface area contributed by atoms with E-state index in [0.29, 0.717) is 12.2 Å². The third kappa shape index (κ3) is 5.03. The molecule has 4 N–H and O–H groups in total. The minimum atomic E-state index is -0.374. The number of hydrazine groups is 1. The van der Waals surface area contributed by atoms with Crippen LogP contribution in [0.2, 0.25) is 0 Å². The molecule has 3 aliphatic rings. The highest BCUT2D eigenvalue weighted by Gasteiger charge is 2.32. The van der Waals surface area contributed by atoms with Gasteiger partial charge in [0.25, 0.3) is 5.91 Å². The summed E-state index contributed by atoms with van der Waals surface area (Å²) in [6.45, 7) is 4.86. The van der Waals surface area contributed by atoms with Crippen LogP contribution in [-0.2, 0) is 4.79 Å². The average Bonchev–Trinajstić information content (AvgIpc) is 3.45. The molecule has 0 aromatic carbocycles. The highest BCUT2D eigenvalue weighted by atomic mass is 16.2. The summed E-state index contributed by atoms with van der Waals surface area (Å²) in [5, 5.41) is 4.75. The number of nitrogens with two attached hydrogens (primary N) is 1. The number of anilines is 1. The molecule has 2 amide bonds. The van der Waals surface area contributed by atoms with Gasteiger partial charge in [0.15, 0.2) is 0 Å². The van der Waals surface area contributed by atoms with Gasteiger partial charge in [-0.05, 0) is 31.3 Å². The number of fused-ring (bicyclic) bond motifs is 1. The van der Waals surface area contributed by atoms with Gasteiger partial charge in [0.05, 0.1) is 6.54 Å². The molecule has 2 atom stereocenters. The molecule has 2 fully saturated rings. The van der Waals surface area contributed by atoms with Crippen molar-refractivity contribution in [1.82, 2.24) is 25.7 Å². The zero-order chi connectivity index (χ0) is 21.1. The van der Waals surface area contributed by atoms with Crippen molar-refractivity contribution >= 4 is 17.6 Å². The van der Waals surface area contributed by atoms with Crippen LogP contribution in [0.4, 0.5) is 5.82 Å². The summed E-state index contributed by atoms with van der Waals surface area (Å²) in [5.41, 5.74) is 9.60. The highest BCUT2D eigenvalue weighted by Crippen LogP contribution is 2.31. The van der Waals surface area contributed by atoms with Crippen molar-refractivity contribution in [3.63, 3.8) is 0 Å². The van der Waals surface area contributed by atoms with E-state index in [1.54, 1.807) is 6.07 Å². The molecule has 1 saturated carbocycles. The number of carbonyl (C=O) groups is 2. The molecule has 9 heteroatoms. The Labute approximate surface area is 176 Å². The second-order valence-electron chi connectivity index (χ2n) is 8.25. The lowest BCUT2D eigenvalue weighted by molar-refractivity contribution is -0.119. The second-order valence-corrected chi connectivity index (χ2v) is 8.25. The molecule has 9 nitrogen and oxygen atoms in total. The normalized spacial score (nSPS) is 23.0. The minimum absolute atomic E-state index is 0.0979. The first-order valence-corrected chi connectivity index (χ1v) is 10.6. The van der Waals surface area contributed by atoms with Crippen LogP contribution in [0.15, 0.2) is 36.3 Å². The van der Waals surface area contributed by atoms with Crippen molar-refractivity contribution < 1.29 is 9.59 Å². The van der Waals surface area contributed by atoms with E-state index in [2.05, 4.69) is 32.5 Å². The Bertz CT molecular complexity index is 865. The summed E-state index contributed by atoms with van der Waals surface area (Å²) in [5.74, 6) is 1.07. The molecular formula is C21H29N7O2. The molecule has 0 spiro atoms. The zero-order valence-corrected chi connectivity index (χ0v) is 17.3. The van der Waals surface area contributed by atoms with Crippen molar-refractivity contribution in [3.8, 4) is 0 Å². The van der Waals surface area contributed by atoms with Gasteiger partial charge in [0.1, 0.15) is 17.8 Å². The van der Waals surface area contributed by atoms with Crippen LogP contribution in [0.25, 0.3) is 0 Å². The Balaban J connectivity index is 1.40. The molecule has 4 rings (SSSR count). The van der Waals surface area contributed by atoms with Crippen LogP contribution in [0, 0.1) is 11.8 Å². The second kappa shape index (κ2) is 8.93. The Hall–Kier alpha value is -2.78. The fourth-order valence-corrected chi connectivity index (χ4v) is 3.97. The lowest BCUT2D eigenvalue weighted by Gasteiger charge is -2.23. The Morgan fingerprint density at radius 2 is 2.20 bits per heavy atom. The number of carbonyl (C=O) groups excluding carboxylic acids is 2. The van der Waals surface area contributed by atoms with E-state index in [-0.39, 0.29) is 30.3 Å². The van der Waals surface area contributed by atoms with Crippen LogP contribution in [0.3, 0.4) is 0 Å². The number of primary amides is 1. The van der Waals surface area contributed by atoms with Gasteiger partial charge >= 0.3 is 0 Å². The van der Waals surface area contributed by atoms with Gasteiger partial charge in [-0.2, -0.15) is 0 Å². The predicted molar refractivity (Wildman–Crippen MR) is 113 cm³/mol. The predicted octanol–water partition coefficient (Wildman–Crippen LogP) is 0.577. The fraction of sp³-hybridized carbons (Fsp3) is 0.524. The summed E-state index contributed by atoms with van der Waals surface area (Å²) >= 11 is 0. The van der Waals surface area contributed by atoms with Crippen molar-refractivity contribution in [2.45, 2.75) is 32.2 Å². The summed E-state index contributed by atoms with van der Waals surface area (Å²) in [6, 6.07) is 1.87. The van der Waals surface area contributed by atoms with E-state index in [4.69, 9.17) is 5.73 Å². The zero-order valence-electron chi connectivity index (χ0n) is 17.3. The Kier molecular flexibility index (Phi) is 6.10. The number of rotatable bonds is 9. The first kappa shape index (κ1) is 20.5. The first-order valence-electron chi connectivity index (χ1n) is 10.6. The molecule has 160 valence electrons. The minimum Gasteiger partial charge on any atom is -0.369 e. The van der Waals surface area contributed by atoms with Gasteiger partial charge in [0.2, 0.25) is 5.91 Å². The van der Waals surface area contributed by atoms with Crippen molar-refractivity contribution in [1.29, 1.82) is 0 Å². The van der Waals surface area contributed by atoms with E-state index >= 15 is 0 Å². The highest BCUT2D eigenvalue weighted by molar-refractivity contribution is 5.94. The lowest BCUT2D eigenvalue weighted by atomic mass is 9.95. The third-order valence-electron chi connectivity index (χ3n) is 5.58. The SMILES string of the molecule is CCCN(CC1CC1)c1cc(C(=O)NC2=CC3CN(CC(N)=O)NC3C=C2)ncn1.